The second-order valence-corrected chi connectivity index (χ2v) is 3.68. The van der Waals surface area contributed by atoms with E-state index in [2.05, 4.69) is 0 Å². The van der Waals surface area contributed by atoms with E-state index in [9.17, 15) is 14.9 Å². The lowest BCUT2D eigenvalue weighted by Gasteiger charge is -2.08. The molecule has 0 bridgehead atoms. The van der Waals surface area contributed by atoms with Gasteiger partial charge in [-0.3, -0.25) is 14.9 Å². The van der Waals surface area contributed by atoms with Gasteiger partial charge < -0.3 is 4.74 Å². The Morgan fingerprint density at radius 1 is 1.44 bits per heavy atom. The predicted octanol–water partition coefficient (Wildman–Crippen LogP) is 2.18. The first-order valence-electron chi connectivity index (χ1n) is 4.79. The van der Waals surface area contributed by atoms with Crippen LogP contribution in [0.15, 0.2) is 12.1 Å². The highest BCUT2D eigenvalue weighted by Crippen LogP contribution is 2.31. The molecule has 0 fully saturated rings. The van der Waals surface area contributed by atoms with Crippen LogP contribution >= 0.6 is 0 Å². The summed E-state index contributed by atoms with van der Waals surface area (Å²) in [5.74, 6) is 0.0000676. The average Bonchev–Trinajstić information content (AvgIpc) is 2.14. The summed E-state index contributed by atoms with van der Waals surface area (Å²) in [6.07, 6.45) is 0. The molecule has 0 amide bonds. The second kappa shape index (κ2) is 4.74. The van der Waals surface area contributed by atoms with Gasteiger partial charge in [0, 0.05) is 6.07 Å². The summed E-state index contributed by atoms with van der Waals surface area (Å²) in [5, 5.41) is 10.8. The van der Waals surface area contributed by atoms with Gasteiger partial charge in [0.2, 0.25) is 5.75 Å². The maximum absolute atomic E-state index is 10.8. The number of aryl methyl sites for hydroxylation is 2. The van der Waals surface area contributed by atoms with Crippen LogP contribution in [0.25, 0.3) is 0 Å². The minimum Gasteiger partial charge on any atom is -0.479 e. The van der Waals surface area contributed by atoms with Crippen molar-refractivity contribution in [1.82, 2.24) is 0 Å². The lowest BCUT2D eigenvalue weighted by Crippen LogP contribution is -2.09. The van der Waals surface area contributed by atoms with Crippen LogP contribution < -0.4 is 4.74 Å². The summed E-state index contributed by atoms with van der Waals surface area (Å²) in [6.45, 7) is 4.71. The Bertz CT molecular complexity index is 440. The number of ether oxygens (including phenoxy) is 1. The third kappa shape index (κ3) is 2.79. The Morgan fingerprint density at radius 2 is 2.06 bits per heavy atom. The molecular formula is C11H13NO4. The average molecular weight is 223 g/mol. The molecule has 1 rings (SSSR count). The Hall–Kier alpha value is -1.91. The zero-order valence-electron chi connectivity index (χ0n) is 9.44. The number of nitro groups is 1. The first-order valence-corrected chi connectivity index (χ1v) is 4.79. The Kier molecular flexibility index (Phi) is 3.60. The molecule has 0 atom stereocenters. The number of nitrogens with zero attached hydrogens (tertiary/aromatic N) is 1. The van der Waals surface area contributed by atoms with Gasteiger partial charge in [0.1, 0.15) is 6.61 Å². The molecule has 1 aromatic carbocycles. The van der Waals surface area contributed by atoms with Crippen LogP contribution in [0, 0.1) is 24.0 Å². The number of hydrogen-bond acceptors (Lipinski definition) is 4. The Balaban J connectivity index is 3.14. The lowest BCUT2D eigenvalue weighted by molar-refractivity contribution is -0.385. The number of nitro benzene ring substituents is 1. The van der Waals surface area contributed by atoms with Crippen molar-refractivity contribution in [3.8, 4) is 5.75 Å². The molecule has 0 aliphatic heterocycles. The maximum atomic E-state index is 10.8. The fourth-order valence-electron chi connectivity index (χ4n) is 1.43. The molecule has 16 heavy (non-hydrogen) atoms. The summed E-state index contributed by atoms with van der Waals surface area (Å²) in [6, 6.07) is 3.21. The van der Waals surface area contributed by atoms with Crippen LogP contribution in [0.3, 0.4) is 0 Å². The Labute approximate surface area is 93.2 Å². The van der Waals surface area contributed by atoms with Crippen molar-refractivity contribution in [2.45, 2.75) is 20.8 Å². The van der Waals surface area contributed by atoms with Crippen molar-refractivity contribution in [3.05, 3.63) is 33.4 Å². The quantitative estimate of drug-likeness (QED) is 0.579. The van der Waals surface area contributed by atoms with Crippen LogP contribution in [-0.4, -0.2) is 17.3 Å². The van der Waals surface area contributed by atoms with Crippen LogP contribution in [0.4, 0.5) is 5.69 Å². The number of rotatable bonds is 4. The minimum atomic E-state index is -0.504. The molecule has 0 heterocycles. The first kappa shape index (κ1) is 12.2. The second-order valence-electron chi connectivity index (χ2n) is 3.68. The first-order chi connectivity index (χ1) is 7.41. The van der Waals surface area contributed by atoms with Gasteiger partial charge in [-0.05, 0) is 31.9 Å². The SMILES string of the molecule is CC(=O)COc1c(C)cc(C)cc1[N+](=O)[O-]. The van der Waals surface area contributed by atoms with Gasteiger partial charge in [-0.2, -0.15) is 0 Å². The summed E-state index contributed by atoms with van der Waals surface area (Å²) in [4.78, 5) is 21.1. The van der Waals surface area contributed by atoms with E-state index in [1.54, 1.807) is 19.9 Å². The van der Waals surface area contributed by atoms with Crippen LogP contribution in [-0.2, 0) is 4.79 Å². The number of hydrogen-bond donors (Lipinski definition) is 0. The molecule has 0 aromatic heterocycles. The summed E-state index contributed by atoms with van der Waals surface area (Å²) < 4.78 is 5.15. The highest BCUT2D eigenvalue weighted by molar-refractivity contribution is 5.77. The molecule has 0 unspecified atom stereocenters. The third-order valence-corrected chi connectivity index (χ3v) is 2.02. The van der Waals surface area contributed by atoms with Crippen molar-refractivity contribution in [1.29, 1.82) is 0 Å². The number of carbonyl (C=O) groups is 1. The monoisotopic (exact) mass is 223 g/mol. The van der Waals surface area contributed by atoms with Crippen LogP contribution in [0.5, 0.6) is 5.75 Å². The van der Waals surface area contributed by atoms with Gasteiger partial charge in [-0.1, -0.05) is 6.07 Å². The third-order valence-electron chi connectivity index (χ3n) is 2.02. The van der Waals surface area contributed by atoms with E-state index in [1.165, 1.54) is 13.0 Å². The van der Waals surface area contributed by atoms with Crippen molar-refractivity contribution in [2.75, 3.05) is 6.61 Å². The molecule has 0 aliphatic rings. The zero-order valence-corrected chi connectivity index (χ0v) is 9.44. The van der Waals surface area contributed by atoms with E-state index in [0.29, 0.717) is 5.56 Å². The highest BCUT2D eigenvalue weighted by Gasteiger charge is 2.18. The van der Waals surface area contributed by atoms with Gasteiger partial charge in [0.15, 0.2) is 5.78 Å². The molecular weight excluding hydrogens is 210 g/mol. The van der Waals surface area contributed by atoms with E-state index in [0.717, 1.165) is 5.56 Å². The number of ketones is 1. The molecule has 0 aliphatic carbocycles. The molecule has 86 valence electrons. The van der Waals surface area contributed by atoms with Gasteiger partial charge >= 0.3 is 5.69 Å². The van der Waals surface area contributed by atoms with Crippen LogP contribution in [0.2, 0.25) is 0 Å². The summed E-state index contributed by atoms with van der Waals surface area (Å²) in [7, 11) is 0. The maximum Gasteiger partial charge on any atom is 0.311 e. The molecule has 0 saturated heterocycles. The molecule has 0 radical (unpaired) electrons. The predicted molar refractivity (Wildman–Crippen MR) is 58.7 cm³/mol. The topological polar surface area (TPSA) is 69.4 Å². The van der Waals surface area contributed by atoms with Gasteiger partial charge in [0.05, 0.1) is 4.92 Å². The fraction of sp³-hybridized carbons (Fsp3) is 0.364. The van der Waals surface area contributed by atoms with Crippen molar-refractivity contribution in [2.24, 2.45) is 0 Å². The molecule has 1 aromatic rings. The fourth-order valence-corrected chi connectivity index (χ4v) is 1.43. The van der Waals surface area contributed by atoms with Crippen molar-refractivity contribution in [3.63, 3.8) is 0 Å². The summed E-state index contributed by atoms with van der Waals surface area (Å²) in [5.41, 5.74) is 1.35. The minimum absolute atomic E-state index is 0.0984. The number of carbonyl (C=O) groups excluding carboxylic acids is 1. The van der Waals surface area contributed by atoms with Gasteiger partial charge in [0.25, 0.3) is 0 Å². The van der Waals surface area contributed by atoms with E-state index in [4.69, 9.17) is 4.74 Å². The van der Waals surface area contributed by atoms with E-state index < -0.39 is 4.92 Å². The largest absolute Gasteiger partial charge is 0.479 e. The number of benzene rings is 1. The normalized spacial score (nSPS) is 9.94. The lowest BCUT2D eigenvalue weighted by atomic mass is 10.1. The molecule has 5 heteroatoms. The molecule has 0 spiro atoms. The highest BCUT2D eigenvalue weighted by atomic mass is 16.6. The van der Waals surface area contributed by atoms with E-state index >= 15 is 0 Å². The van der Waals surface area contributed by atoms with Gasteiger partial charge in [-0.25, -0.2) is 0 Å². The van der Waals surface area contributed by atoms with Crippen LogP contribution in [0.1, 0.15) is 18.1 Å². The van der Waals surface area contributed by atoms with Gasteiger partial charge in [-0.15, -0.1) is 0 Å². The molecule has 5 nitrogen and oxygen atoms in total. The molecule has 0 N–H and O–H groups in total. The van der Waals surface area contributed by atoms with Crippen molar-refractivity contribution >= 4 is 11.5 Å². The van der Waals surface area contributed by atoms with E-state index in [1.807, 2.05) is 0 Å². The zero-order chi connectivity index (χ0) is 12.3. The van der Waals surface area contributed by atoms with E-state index in [-0.39, 0.29) is 23.8 Å². The standard InChI is InChI=1S/C11H13NO4/c1-7-4-8(2)11(16-6-9(3)13)10(5-7)12(14)15/h4-5H,6H2,1-3H3. The smallest absolute Gasteiger partial charge is 0.311 e. The van der Waals surface area contributed by atoms with Crippen molar-refractivity contribution < 1.29 is 14.5 Å². The number of Topliss-reactive ketones (excluding diaryl/α,β-unsaturated/α-hetero) is 1. The molecule has 0 saturated carbocycles. The summed E-state index contributed by atoms with van der Waals surface area (Å²) >= 11 is 0. The Morgan fingerprint density at radius 3 is 2.56 bits per heavy atom.